The van der Waals surface area contributed by atoms with Crippen molar-refractivity contribution >= 4 is 17.4 Å². The van der Waals surface area contributed by atoms with Crippen LogP contribution in [0, 0.1) is 0 Å². The number of benzene rings is 1. The molecule has 0 aliphatic heterocycles. The molecule has 1 aromatic carbocycles. The number of rotatable bonds is 6. The van der Waals surface area contributed by atoms with E-state index in [1.165, 1.54) is 6.33 Å². The van der Waals surface area contributed by atoms with E-state index >= 15 is 0 Å². The monoisotopic (exact) mass is 291 g/mol. The van der Waals surface area contributed by atoms with Gasteiger partial charge in [0, 0.05) is 11.9 Å². The first-order valence-corrected chi connectivity index (χ1v) is 7.06. The zero-order valence-corrected chi connectivity index (χ0v) is 12.4. The average Bonchev–Trinajstić information content (AvgIpc) is 2.49. The third-order valence-corrected chi connectivity index (χ3v) is 3.55. The fourth-order valence-corrected chi connectivity index (χ4v) is 2.13. The van der Waals surface area contributed by atoms with Crippen molar-refractivity contribution in [1.82, 2.24) is 9.97 Å². The lowest BCUT2D eigenvalue weighted by molar-refractivity contribution is 0.326. The van der Waals surface area contributed by atoms with Gasteiger partial charge in [-0.2, -0.15) is 0 Å². The maximum absolute atomic E-state index is 6.16. The summed E-state index contributed by atoms with van der Waals surface area (Å²) in [5.74, 6) is 1.66. The molecule has 1 N–H and O–H groups in total. The Balaban J connectivity index is 2.24. The number of anilines is 1. The highest BCUT2D eigenvalue weighted by Crippen LogP contribution is 2.27. The van der Waals surface area contributed by atoms with Gasteiger partial charge >= 0.3 is 0 Å². The molecule has 4 nitrogen and oxygen atoms in total. The van der Waals surface area contributed by atoms with E-state index in [9.17, 15) is 0 Å². The maximum Gasteiger partial charge on any atom is 0.218 e. The Morgan fingerprint density at radius 2 is 2.00 bits per heavy atom. The Morgan fingerprint density at radius 3 is 2.65 bits per heavy atom. The number of nitrogens with zero attached hydrogens (tertiary/aromatic N) is 2. The normalized spacial score (nSPS) is 13.6. The van der Waals surface area contributed by atoms with Gasteiger partial charge in [0.15, 0.2) is 0 Å². The minimum absolute atomic E-state index is 0.402. The van der Waals surface area contributed by atoms with E-state index in [-0.39, 0.29) is 0 Å². The van der Waals surface area contributed by atoms with Crippen LogP contribution in [0.2, 0.25) is 0 Å². The topological polar surface area (TPSA) is 47.0 Å². The van der Waals surface area contributed by atoms with Crippen LogP contribution >= 0.6 is 11.6 Å². The second-order valence-corrected chi connectivity index (χ2v) is 4.90. The van der Waals surface area contributed by atoms with E-state index in [1.54, 1.807) is 6.07 Å². The van der Waals surface area contributed by atoms with Gasteiger partial charge in [0.05, 0.1) is 12.1 Å². The predicted molar refractivity (Wildman–Crippen MR) is 81.3 cm³/mol. The molecule has 1 unspecified atom stereocenters. The van der Waals surface area contributed by atoms with Gasteiger partial charge in [0.2, 0.25) is 5.88 Å². The van der Waals surface area contributed by atoms with Gasteiger partial charge in [-0.05, 0) is 19.4 Å². The first kappa shape index (κ1) is 14.6. The van der Waals surface area contributed by atoms with Crippen LogP contribution in [-0.4, -0.2) is 22.5 Å². The number of alkyl halides is 1. The first-order chi connectivity index (χ1) is 9.68. The van der Waals surface area contributed by atoms with Crippen LogP contribution in [0.4, 0.5) is 5.82 Å². The van der Waals surface area contributed by atoms with Gasteiger partial charge in [-0.15, -0.1) is 11.6 Å². The van der Waals surface area contributed by atoms with Crippen molar-refractivity contribution in [3.8, 4) is 5.88 Å². The fraction of sp³-hybridized carbons (Fsp3) is 0.333. The van der Waals surface area contributed by atoms with Crippen LogP contribution in [0.25, 0.3) is 0 Å². The highest BCUT2D eigenvalue weighted by molar-refractivity contribution is 6.18. The van der Waals surface area contributed by atoms with Gasteiger partial charge in [-0.1, -0.05) is 30.3 Å². The van der Waals surface area contributed by atoms with Gasteiger partial charge in [-0.25, -0.2) is 9.97 Å². The molecule has 1 atom stereocenters. The molecule has 0 saturated carbocycles. The minimum Gasteiger partial charge on any atom is -0.478 e. The highest BCUT2D eigenvalue weighted by Gasteiger charge is 2.25. The lowest BCUT2D eigenvalue weighted by atomic mass is 9.94. The van der Waals surface area contributed by atoms with Crippen molar-refractivity contribution in [3.05, 3.63) is 48.3 Å². The summed E-state index contributed by atoms with van der Waals surface area (Å²) in [7, 11) is 0. The second-order valence-electron chi connectivity index (χ2n) is 4.63. The molecule has 0 fully saturated rings. The number of hydrogen-bond donors (Lipinski definition) is 1. The first-order valence-electron chi connectivity index (χ1n) is 6.52. The van der Waals surface area contributed by atoms with Crippen molar-refractivity contribution in [2.45, 2.75) is 19.4 Å². The number of halogens is 1. The molecule has 0 saturated heterocycles. The van der Waals surface area contributed by atoms with Crippen LogP contribution in [-0.2, 0) is 5.54 Å². The van der Waals surface area contributed by atoms with Crippen molar-refractivity contribution in [2.75, 3.05) is 17.8 Å². The maximum atomic E-state index is 6.16. The average molecular weight is 292 g/mol. The predicted octanol–water partition coefficient (Wildman–Crippen LogP) is 3.44. The quantitative estimate of drug-likeness (QED) is 0.828. The zero-order chi connectivity index (χ0) is 14.4. The summed E-state index contributed by atoms with van der Waals surface area (Å²) in [4.78, 5) is 8.27. The second kappa shape index (κ2) is 6.57. The van der Waals surface area contributed by atoms with E-state index < -0.39 is 5.54 Å². The van der Waals surface area contributed by atoms with Gasteiger partial charge in [-0.3, -0.25) is 0 Å². The van der Waals surface area contributed by atoms with E-state index in [0.717, 1.165) is 5.56 Å². The highest BCUT2D eigenvalue weighted by atomic mass is 35.5. The standard InChI is InChI=1S/C15H18ClN3O/c1-3-20-14-9-13(17-11-18-14)19-15(2,10-16)12-7-5-4-6-8-12/h4-9,11H,3,10H2,1-2H3,(H,17,18,19). The third kappa shape index (κ3) is 3.39. The molecule has 106 valence electrons. The summed E-state index contributed by atoms with van der Waals surface area (Å²) in [5, 5.41) is 3.36. The molecule has 0 aliphatic rings. The smallest absolute Gasteiger partial charge is 0.218 e. The number of hydrogen-bond acceptors (Lipinski definition) is 4. The van der Waals surface area contributed by atoms with Gasteiger partial charge < -0.3 is 10.1 Å². The lowest BCUT2D eigenvalue weighted by Gasteiger charge is -2.29. The molecular formula is C15H18ClN3O. The molecule has 0 bridgehead atoms. The zero-order valence-electron chi connectivity index (χ0n) is 11.6. The molecule has 1 aromatic heterocycles. The molecular weight excluding hydrogens is 274 g/mol. The fourth-order valence-electron chi connectivity index (χ4n) is 1.91. The summed E-state index contributed by atoms with van der Waals surface area (Å²) in [6, 6.07) is 11.8. The van der Waals surface area contributed by atoms with Crippen LogP contribution in [0.5, 0.6) is 5.88 Å². The van der Waals surface area contributed by atoms with Crippen LogP contribution in [0.15, 0.2) is 42.7 Å². The molecule has 2 aromatic rings. The summed E-state index contributed by atoms with van der Waals surface area (Å²) in [6.45, 7) is 4.53. The SMILES string of the molecule is CCOc1cc(NC(C)(CCl)c2ccccc2)ncn1. The van der Waals surface area contributed by atoms with E-state index in [1.807, 2.05) is 44.2 Å². The Morgan fingerprint density at radius 1 is 1.25 bits per heavy atom. The van der Waals surface area contributed by atoms with Crippen LogP contribution < -0.4 is 10.1 Å². The van der Waals surface area contributed by atoms with Crippen molar-refractivity contribution in [3.63, 3.8) is 0 Å². The Labute approximate surface area is 124 Å². The van der Waals surface area contributed by atoms with E-state index in [0.29, 0.717) is 24.2 Å². The lowest BCUT2D eigenvalue weighted by Crippen LogP contribution is -2.34. The Hall–Kier alpha value is -1.81. The summed E-state index contributed by atoms with van der Waals surface area (Å²) in [6.07, 6.45) is 1.48. The molecule has 0 aliphatic carbocycles. The van der Waals surface area contributed by atoms with Crippen molar-refractivity contribution in [2.24, 2.45) is 0 Å². The van der Waals surface area contributed by atoms with E-state index in [2.05, 4.69) is 15.3 Å². The van der Waals surface area contributed by atoms with Crippen LogP contribution in [0.1, 0.15) is 19.4 Å². The molecule has 20 heavy (non-hydrogen) atoms. The number of aromatic nitrogens is 2. The minimum atomic E-state index is -0.402. The summed E-state index contributed by atoms with van der Waals surface area (Å²) >= 11 is 6.16. The summed E-state index contributed by atoms with van der Waals surface area (Å²) < 4.78 is 5.38. The molecule has 0 spiro atoms. The van der Waals surface area contributed by atoms with Gasteiger partial charge in [0.1, 0.15) is 12.1 Å². The summed E-state index contributed by atoms with van der Waals surface area (Å²) in [5.41, 5.74) is 0.701. The molecule has 2 rings (SSSR count). The molecule has 0 radical (unpaired) electrons. The van der Waals surface area contributed by atoms with Crippen molar-refractivity contribution in [1.29, 1.82) is 0 Å². The molecule has 0 amide bonds. The van der Waals surface area contributed by atoms with Gasteiger partial charge in [0.25, 0.3) is 0 Å². The van der Waals surface area contributed by atoms with Crippen LogP contribution in [0.3, 0.4) is 0 Å². The Bertz CT molecular complexity index is 550. The van der Waals surface area contributed by atoms with E-state index in [4.69, 9.17) is 16.3 Å². The number of ether oxygens (including phenoxy) is 1. The molecule has 1 heterocycles. The largest absolute Gasteiger partial charge is 0.478 e. The number of nitrogens with one attached hydrogen (secondary N) is 1. The van der Waals surface area contributed by atoms with Crippen molar-refractivity contribution < 1.29 is 4.74 Å². The Kier molecular flexibility index (Phi) is 4.79. The third-order valence-electron chi connectivity index (χ3n) is 3.02. The molecule has 5 heteroatoms.